The van der Waals surface area contributed by atoms with Gasteiger partial charge in [-0.2, -0.15) is 5.26 Å². The number of nitrogens with zero attached hydrogens (tertiary/aromatic N) is 2. The van der Waals surface area contributed by atoms with Gasteiger partial charge >= 0.3 is 5.97 Å². The van der Waals surface area contributed by atoms with E-state index >= 15 is 0 Å². The van der Waals surface area contributed by atoms with Crippen LogP contribution >= 0.6 is 0 Å². The monoisotopic (exact) mass is 267 g/mol. The van der Waals surface area contributed by atoms with E-state index in [2.05, 4.69) is 6.07 Å². The normalized spacial score (nSPS) is 9.80. The summed E-state index contributed by atoms with van der Waals surface area (Å²) in [5.41, 5.74) is 7.87. The molecule has 0 aliphatic heterocycles. The Hall–Kier alpha value is -3.00. The molecule has 2 aromatic carbocycles. The van der Waals surface area contributed by atoms with Gasteiger partial charge in [-0.25, -0.2) is 4.79 Å². The topological polar surface area (TPSA) is 90.4 Å². The zero-order valence-electron chi connectivity index (χ0n) is 10.9. The predicted octanol–water partition coefficient (Wildman–Crippen LogP) is 2.61. The van der Waals surface area contributed by atoms with Crippen LogP contribution in [0, 0.1) is 11.3 Å². The van der Waals surface area contributed by atoms with Gasteiger partial charge in [0.05, 0.1) is 22.5 Å². The number of hydrogen-bond donors (Lipinski definition) is 2. The number of benzene rings is 2. The molecular weight excluding hydrogens is 254 g/mol. The molecule has 0 saturated heterocycles. The molecule has 0 aliphatic rings. The SMILES string of the molecule is CN(c1ccccc1C#N)c1cc(N)ccc1C(=O)O. The molecule has 0 heterocycles. The molecule has 3 N–H and O–H groups in total. The van der Waals surface area contributed by atoms with Gasteiger partial charge in [-0.3, -0.25) is 0 Å². The Morgan fingerprint density at radius 3 is 2.60 bits per heavy atom. The fourth-order valence-electron chi connectivity index (χ4n) is 2.00. The van der Waals surface area contributed by atoms with Crippen molar-refractivity contribution in [1.82, 2.24) is 0 Å². The molecule has 0 unspecified atom stereocenters. The van der Waals surface area contributed by atoms with Gasteiger partial charge in [0.1, 0.15) is 6.07 Å². The molecule has 0 aliphatic carbocycles. The number of nitriles is 1. The lowest BCUT2D eigenvalue weighted by molar-refractivity contribution is 0.0697. The first-order chi connectivity index (χ1) is 9.54. The molecule has 0 atom stereocenters. The molecule has 5 nitrogen and oxygen atoms in total. The lowest BCUT2D eigenvalue weighted by Gasteiger charge is -2.22. The molecule has 100 valence electrons. The third-order valence-corrected chi connectivity index (χ3v) is 3.00. The number of carboxylic acids is 1. The first kappa shape index (κ1) is 13.4. The van der Waals surface area contributed by atoms with Gasteiger partial charge in [-0.1, -0.05) is 12.1 Å². The maximum Gasteiger partial charge on any atom is 0.337 e. The molecule has 2 rings (SSSR count). The zero-order valence-corrected chi connectivity index (χ0v) is 10.9. The summed E-state index contributed by atoms with van der Waals surface area (Å²) in [7, 11) is 1.71. The molecular formula is C15H13N3O2. The highest BCUT2D eigenvalue weighted by atomic mass is 16.4. The van der Waals surface area contributed by atoms with Crippen LogP contribution < -0.4 is 10.6 Å². The Labute approximate surface area is 116 Å². The van der Waals surface area contributed by atoms with Crippen LogP contribution in [-0.4, -0.2) is 18.1 Å². The van der Waals surface area contributed by atoms with Crippen molar-refractivity contribution in [2.45, 2.75) is 0 Å². The average Bonchev–Trinajstić information content (AvgIpc) is 2.46. The van der Waals surface area contributed by atoms with Crippen LogP contribution in [0.25, 0.3) is 0 Å². The van der Waals surface area contributed by atoms with Crippen molar-refractivity contribution in [2.24, 2.45) is 0 Å². The summed E-state index contributed by atoms with van der Waals surface area (Å²) in [6, 6.07) is 13.7. The lowest BCUT2D eigenvalue weighted by atomic mass is 10.1. The summed E-state index contributed by atoms with van der Waals surface area (Å²) in [6.07, 6.45) is 0. The van der Waals surface area contributed by atoms with Gasteiger partial charge < -0.3 is 15.7 Å². The van der Waals surface area contributed by atoms with Gasteiger partial charge in [0.2, 0.25) is 0 Å². The van der Waals surface area contributed by atoms with E-state index in [1.807, 2.05) is 0 Å². The molecule has 5 heteroatoms. The first-order valence-electron chi connectivity index (χ1n) is 5.90. The fraction of sp³-hybridized carbons (Fsp3) is 0.0667. The van der Waals surface area contributed by atoms with Crippen molar-refractivity contribution in [3.8, 4) is 6.07 Å². The van der Waals surface area contributed by atoms with Crippen molar-refractivity contribution >= 4 is 23.0 Å². The minimum Gasteiger partial charge on any atom is -0.478 e. The van der Waals surface area contributed by atoms with Crippen LogP contribution in [-0.2, 0) is 0 Å². The van der Waals surface area contributed by atoms with E-state index in [1.165, 1.54) is 12.1 Å². The fourth-order valence-corrected chi connectivity index (χ4v) is 2.00. The predicted molar refractivity (Wildman–Crippen MR) is 77.0 cm³/mol. The van der Waals surface area contributed by atoms with E-state index in [0.717, 1.165) is 0 Å². The van der Waals surface area contributed by atoms with Crippen LogP contribution in [0.2, 0.25) is 0 Å². The number of nitrogens with two attached hydrogens (primary N) is 1. The van der Waals surface area contributed by atoms with Crippen molar-refractivity contribution in [3.05, 3.63) is 53.6 Å². The van der Waals surface area contributed by atoms with E-state index in [4.69, 9.17) is 11.0 Å². The number of anilines is 3. The number of carboxylic acid groups (broad SMARTS) is 1. The summed E-state index contributed by atoms with van der Waals surface area (Å²) in [5.74, 6) is -1.04. The Kier molecular flexibility index (Phi) is 3.58. The minimum absolute atomic E-state index is 0.134. The number of aromatic carboxylic acids is 1. The summed E-state index contributed by atoms with van der Waals surface area (Å²) < 4.78 is 0. The van der Waals surface area contributed by atoms with Crippen LogP contribution in [0.1, 0.15) is 15.9 Å². The number of carbonyl (C=O) groups is 1. The van der Waals surface area contributed by atoms with Gasteiger partial charge in [0, 0.05) is 12.7 Å². The van der Waals surface area contributed by atoms with Crippen molar-refractivity contribution < 1.29 is 9.90 Å². The molecule has 20 heavy (non-hydrogen) atoms. The molecule has 0 saturated carbocycles. The highest BCUT2D eigenvalue weighted by Crippen LogP contribution is 2.31. The van der Waals surface area contributed by atoms with Crippen LogP contribution in [0.15, 0.2) is 42.5 Å². The van der Waals surface area contributed by atoms with Crippen LogP contribution in [0.5, 0.6) is 0 Å². The highest BCUT2D eigenvalue weighted by Gasteiger charge is 2.16. The van der Waals surface area contributed by atoms with Gasteiger partial charge in [-0.15, -0.1) is 0 Å². The highest BCUT2D eigenvalue weighted by molar-refractivity contribution is 5.96. The van der Waals surface area contributed by atoms with E-state index in [-0.39, 0.29) is 5.56 Å². The van der Waals surface area contributed by atoms with Crippen LogP contribution in [0.4, 0.5) is 17.1 Å². The maximum absolute atomic E-state index is 11.3. The summed E-state index contributed by atoms with van der Waals surface area (Å²) in [5, 5.41) is 18.4. The molecule has 2 aromatic rings. The molecule has 0 radical (unpaired) electrons. The lowest BCUT2D eigenvalue weighted by Crippen LogP contribution is -2.15. The second-order valence-electron chi connectivity index (χ2n) is 4.27. The smallest absolute Gasteiger partial charge is 0.337 e. The molecule has 0 bridgehead atoms. The molecule has 0 amide bonds. The Morgan fingerprint density at radius 2 is 1.95 bits per heavy atom. The molecule has 0 spiro atoms. The molecule has 0 aromatic heterocycles. The van der Waals surface area contributed by atoms with Gasteiger partial charge in [0.15, 0.2) is 0 Å². The second kappa shape index (κ2) is 5.33. The summed E-state index contributed by atoms with van der Waals surface area (Å²) >= 11 is 0. The van der Waals surface area contributed by atoms with E-state index in [1.54, 1.807) is 42.3 Å². The summed E-state index contributed by atoms with van der Waals surface area (Å²) in [4.78, 5) is 12.9. The van der Waals surface area contributed by atoms with Crippen LogP contribution in [0.3, 0.4) is 0 Å². The molecule has 0 fully saturated rings. The third-order valence-electron chi connectivity index (χ3n) is 3.00. The maximum atomic E-state index is 11.3. The Bertz CT molecular complexity index is 705. The number of rotatable bonds is 3. The minimum atomic E-state index is -1.04. The van der Waals surface area contributed by atoms with Crippen molar-refractivity contribution in [2.75, 3.05) is 17.7 Å². The zero-order chi connectivity index (χ0) is 14.7. The standard InChI is InChI=1S/C15H13N3O2/c1-18(13-5-3-2-4-10(13)9-16)14-8-11(17)6-7-12(14)15(19)20/h2-8H,17H2,1H3,(H,19,20). The largest absolute Gasteiger partial charge is 0.478 e. The van der Waals surface area contributed by atoms with E-state index in [9.17, 15) is 9.90 Å². The quantitative estimate of drug-likeness (QED) is 0.834. The van der Waals surface area contributed by atoms with Gasteiger partial charge in [-0.05, 0) is 30.3 Å². The van der Waals surface area contributed by atoms with E-state index in [0.29, 0.717) is 22.6 Å². The summed E-state index contributed by atoms with van der Waals surface area (Å²) in [6.45, 7) is 0. The average molecular weight is 267 g/mol. The van der Waals surface area contributed by atoms with E-state index < -0.39 is 5.97 Å². The number of nitrogen functional groups attached to an aromatic ring is 1. The van der Waals surface area contributed by atoms with Crippen molar-refractivity contribution in [3.63, 3.8) is 0 Å². The first-order valence-corrected chi connectivity index (χ1v) is 5.90. The second-order valence-corrected chi connectivity index (χ2v) is 4.27. The van der Waals surface area contributed by atoms with Crippen molar-refractivity contribution in [1.29, 1.82) is 5.26 Å². The van der Waals surface area contributed by atoms with Gasteiger partial charge in [0.25, 0.3) is 0 Å². The number of para-hydroxylation sites is 1. The third kappa shape index (κ3) is 2.40. The Morgan fingerprint density at radius 1 is 1.25 bits per heavy atom. The Balaban J connectivity index is 2.59. The number of hydrogen-bond acceptors (Lipinski definition) is 4.